The lowest BCUT2D eigenvalue weighted by molar-refractivity contribution is 0.0357. The summed E-state index contributed by atoms with van der Waals surface area (Å²) in [4.78, 5) is 0. The molecule has 0 heterocycles. The van der Waals surface area contributed by atoms with E-state index in [4.69, 9.17) is 20.9 Å². The first-order chi connectivity index (χ1) is 23.2. The molecule has 0 saturated heterocycles. The summed E-state index contributed by atoms with van der Waals surface area (Å²) in [5, 5.41) is 0. The summed E-state index contributed by atoms with van der Waals surface area (Å²) >= 11 is 0. The summed E-state index contributed by atoms with van der Waals surface area (Å²) in [5.74, 6) is 0. The fourth-order valence-corrected chi connectivity index (χ4v) is 14.3. The third kappa shape index (κ3) is 28.9. The van der Waals surface area contributed by atoms with Crippen molar-refractivity contribution in [1.82, 2.24) is 0 Å². The molecular formula is C40H86N2O4P2. The lowest BCUT2D eigenvalue weighted by Gasteiger charge is -2.36. The lowest BCUT2D eigenvalue weighted by atomic mass is 10.1. The van der Waals surface area contributed by atoms with Crippen molar-refractivity contribution < 1.29 is 18.6 Å². The Hall–Kier alpha value is 0.300. The van der Waals surface area contributed by atoms with E-state index in [0.717, 1.165) is 76.0 Å². The smallest absolute Gasteiger partial charge is 0.0896 e. The molecule has 0 bridgehead atoms. The zero-order valence-electron chi connectivity index (χ0n) is 32.9. The van der Waals surface area contributed by atoms with E-state index >= 15 is 0 Å². The van der Waals surface area contributed by atoms with Gasteiger partial charge in [0, 0.05) is 43.5 Å². The van der Waals surface area contributed by atoms with Gasteiger partial charge in [0.15, 0.2) is 0 Å². The predicted molar refractivity (Wildman–Crippen MR) is 216 cm³/mol. The van der Waals surface area contributed by atoms with Gasteiger partial charge in [-0.3, -0.25) is 0 Å². The van der Waals surface area contributed by atoms with Gasteiger partial charge in [0.1, 0.15) is 0 Å². The first-order valence-electron chi connectivity index (χ1n) is 21.0. The fraction of sp³-hybridized carbons (Fsp3) is 1.00. The molecule has 0 aromatic rings. The van der Waals surface area contributed by atoms with Crippen molar-refractivity contribution in [2.24, 2.45) is 11.5 Å². The average Bonchev–Trinajstić information content (AvgIpc) is 3.05. The van der Waals surface area contributed by atoms with Crippen LogP contribution in [0.15, 0.2) is 0 Å². The van der Waals surface area contributed by atoms with Crippen LogP contribution < -0.4 is 11.5 Å². The van der Waals surface area contributed by atoms with E-state index in [2.05, 4.69) is 27.7 Å². The molecule has 0 saturated carbocycles. The Morgan fingerprint density at radius 3 is 1.04 bits per heavy atom. The molecule has 0 radical (unpaired) electrons. The van der Waals surface area contributed by atoms with Gasteiger partial charge in [0.25, 0.3) is 0 Å². The third-order valence-electron chi connectivity index (χ3n) is 9.91. The zero-order valence-corrected chi connectivity index (χ0v) is 34.7. The minimum Gasteiger partial charge on any atom is -0.378 e. The first-order valence-corrected chi connectivity index (χ1v) is 25.5. The Balaban J connectivity index is 5.91. The van der Waals surface area contributed by atoms with Crippen LogP contribution in [0.3, 0.4) is 0 Å². The highest BCUT2D eigenvalue weighted by atomic mass is 31.2. The summed E-state index contributed by atoms with van der Waals surface area (Å²) in [6.07, 6.45) is 32.6. The molecule has 290 valence electrons. The lowest BCUT2D eigenvalue weighted by Crippen LogP contribution is -2.52. The molecule has 0 fully saturated rings. The van der Waals surface area contributed by atoms with Crippen LogP contribution in [0.2, 0.25) is 0 Å². The zero-order chi connectivity index (χ0) is 35.7. The molecule has 0 atom stereocenters. The van der Waals surface area contributed by atoms with Crippen molar-refractivity contribution >= 4 is 14.3 Å². The number of hydrogen-bond donors (Lipinski definition) is 2. The Morgan fingerprint density at radius 2 is 0.729 bits per heavy atom. The summed E-state index contributed by atoms with van der Waals surface area (Å²) in [6.45, 7) is 11.2. The van der Waals surface area contributed by atoms with Gasteiger partial charge in [0.2, 0.25) is 0 Å². The van der Waals surface area contributed by atoms with Gasteiger partial charge < -0.3 is 30.1 Å². The van der Waals surface area contributed by atoms with Crippen LogP contribution in [0.1, 0.15) is 182 Å². The Morgan fingerprint density at radius 1 is 0.438 bits per heavy atom. The van der Waals surface area contributed by atoms with Crippen LogP contribution in [0.4, 0.5) is 0 Å². The van der Waals surface area contributed by atoms with Gasteiger partial charge in [-0.15, -0.1) is 0 Å². The average molecular weight is 721 g/mol. The Labute approximate surface area is 300 Å². The van der Waals surface area contributed by atoms with Crippen molar-refractivity contribution in [3.05, 3.63) is 0 Å². The Bertz CT molecular complexity index is 690. The maximum Gasteiger partial charge on any atom is 0.0896 e. The SMILES string of the molecule is CCCCCCCCP(=O)(CCCCCCCC)CC(N)(COCCOCCN)CP(=O)(CCCCCCCC)CCCCCCCC. The van der Waals surface area contributed by atoms with E-state index in [-0.39, 0.29) is 0 Å². The standard InChI is InChI=1S/C40H86N2O4P2/c1-5-9-13-17-21-25-33-47(43,34-26-22-18-14-10-6-2)38-40(42,37-46-32-31-45-30-29-41)39-48(44,35-27-23-19-15-11-7-3)36-28-24-20-16-12-8-4/h5-39,41-42H2,1-4H3. The highest BCUT2D eigenvalue weighted by molar-refractivity contribution is 7.65. The summed E-state index contributed by atoms with van der Waals surface area (Å²) in [7, 11) is -5.13. The normalized spacial score (nSPS) is 12.7. The number of unbranched alkanes of at least 4 members (excludes halogenated alkanes) is 20. The van der Waals surface area contributed by atoms with Crippen LogP contribution in [0.25, 0.3) is 0 Å². The van der Waals surface area contributed by atoms with Crippen molar-refractivity contribution in [3.63, 3.8) is 0 Å². The van der Waals surface area contributed by atoms with E-state index in [9.17, 15) is 9.13 Å². The Kier molecular flexibility index (Phi) is 33.4. The molecule has 0 amide bonds. The molecule has 0 spiro atoms. The second kappa shape index (κ2) is 33.2. The van der Waals surface area contributed by atoms with E-state index in [0.29, 0.717) is 45.3 Å². The molecule has 0 aliphatic heterocycles. The summed E-state index contributed by atoms with van der Waals surface area (Å²) < 4.78 is 41.6. The second-order valence-electron chi connectivity index (χ2n) is 15.2. The van der Waals surface area contributed by atoms with Crippen LogP contribution in [-0.2, 0) is 18.6 Å². The quantitative estimate of drug-likeness (QED) is 0.0484. The monoisotopic (exact) mass is 721 g/mol. The summed E-state index contributed by atoms with van der Waals surface area (Å²) in [5.41, 5.74) is 12.1. The number of rotatable bonds is 39. The minimum absolute atomic E-state index is 0.299. The predicted octanol–water partition coefficient (Wildman–Crippen LogP) is 11.8. The first kappa shape index (κ1) is 48.3. The fourth-order valence-electron chi connectivity index (χ4n) is 7.13. The van der Waals surface area contributed by atoms with E-state index in [1.165, 1.54) is 103 Å². The van der Waals surface area contributed by atoms with Gasteiger partial charge in [-0.2, -0.15) is 0 Å². The molecule has 0 aliphatic rings. The topological polar surface area (TPSA) is 105 Å². The highest BCUT2D eigenvalue weighted by Gasteiger charge is 2.40. The van der Waals surface area contributed by atoms with Crippen molar-refractivity contribution in [2.45, 2.75) is 187 Å². The van der Waals surface area contributed by atoms with Crippen LogP contribution in [0.5, 0.6) is 0 Å². The van der Waals surface area contributed by atoms with E-state index in [1.807, 2.05) is 0 Å². The highest BCUT2D eigenvalue weighted by Crippen LogP contribution is 2.55. The third-order valence-corrected chi connectivity index (χ3v) is 16.8. The molecule has 48 heavy (non-hydrogen) atoms. The second-order valence-corrected chi connectivity index (χ2v) is 21.9. The van der Waals surface area contributed by atoms with Gasteiger partial charge in [-0.1, -0.05) is 156 Å². The minimum atomic E-state index is -2.57. The molecule has 0 unspecified atom stereocenters. The van der Waals surface area contributed by atoms with Gasteiger partial charge in [-0.05, 0) is 25.7 Å². The molecule has 0 aromatic carbocycles. The number of ether oxygens (including phenoxy) is 2. The van der Waals surface area contributed by atoms with Crippen LogP contribution >= 0.6 is 14.3 Å². The van der Waals surface area contributed by atoms with E-state index < -0.39 is 19.8 Å². The number of hydrogen-bond acceptors (Lipinski definition) is 6. The molecule has 0 aliphatic carbocycles. The molecule has 0 aromatic heterocycles. The van der Waals surface area contributed by atoms with Crippen molar-refractivity contribution in [3.8, 4) is 0 Å². The van der Waals surface area contributed by atoms with Crippen molar-refractivity contribution in [1.29, 1.82) is 0 Å². The van der Waals surface area contributed by atoms with Gasteiger partial charge >= 0.3 is 0 Å². The van der Waals surface area contributed by atoms with E-state index in [1.54, 1.807) is 0 Å². The summed E-state index contributed by atoms with van der Waals surface area (Å²) in [6, 6.07) is 0. The molecule has 6 nitrogen and oxygen atoms in total. The maximum atomic E-state index is 14.9. The largest absolute Gasteiger partial charge is 0.378 e. The molecular weight excluding hydrogens is 634 g/mol. The van der Waals surface area contributed by atoms with Crippen LogP contribution in [0, 0.1) is 0 Å². The number of nitrogens with two attached hydrogens (primary N) is 2. The van der Waals surface area contributed by atoms with Gasteiger partial charge in [-0.25, -0.2) is 0 Å². The maximum absolute atomic E-state index is 14.9. The molecule has 0 rings (SSSR count). The van der Waals surface area contributed by atoms with Crippen molar-refractivity contribution in [2.75, 3.05) is 69.9 Å². The molecule has 8 heteroatoms. The van der Waals surface area contributed by atoms with Gasteiger partial charge in [0.05, 0.1) is 46.3 Å². The molecule has 4 N–H and O–H groups in total. The van der Waals surface area contributed by atoms with Crippen LogP contribution in [-0.4, -0.2) is 75.5 Å².